The van der Waals surface area contributed by atoms with Crippen molar-refractivity contribution in [3.8, 4) is 0 Å². The van der Waals surface area contributed by atoms with E-state index < -0.39 is 6.03 Å². The number of carbonyl (C=O) groups excluding carboxylic acids is 2. The average Bonchev–Trinajstić information content (AvgIpc) is 2.46. The number of rotatable bonds is 4. The number of anilines is 1. The normalized spacial score (nSPS) is 9.95. The molecule has 2 aromatic rings. The number of urea groups is 1. The Hall–Kier alpha value is -2.09. The maximum atomic E-state index is 12.0. The molecule has 0 aliphatic heterocycles. The highest BCUT2D eigenvalue weighted by atomic mass is 127. The van der Waals surface area contributed by atoms with Crippen LogP contribution in [0, 0.1) is 3.57 Å². The number of halogens is 1. The lowest BCUT2D eigenvalue weighted by atomic mass is 10.2. The zero-order chi connectivity index (χ0) is 15.2. The molecule has 0 atom stereocenters. The molecule has 0 aromatic heterocycles. The summed E-state index contributed by atoms with van der Waals surface area (Å²) in [4.78, 5) is 22.7. The highest BCUT2D eigenvalue weighted by molar-refractivity contribution is 14.1. The summed E-state index contributed by atoms with van der Waals surface area (Å²) in [5, 5.41) is 5.32. The molecule has 3 amide bonds. The van der Waals surface area contributed by atoms with Crippen LogP contribution in [-0.2, 0) is 6.54 Å². The van der Waals surface area contributed by atoms with E-state index in [1.165, 1.54) is 0 Å². The van der Waals surface area contributed by atoms with Crippen molar-refractivity contribution in [2.75, 3.05) is 5.32 Å². The molecule has 0 heterocycles. The number of amides is 3. The van der Waals surface area contributed by atoms with Crippen molar-refractivity contribution in [1.29, 1.82) is 0 Å². The van der Waals surface area contributed by atoms with Gasteiger partial charge in [0.25, 0.3) is 5.91 Å². The average molecular weight is 395 g/mol. The van der Waals surface area contributed by atoms with Crippen LogP contribution < -0.4 is 16.4 Å². The van der Waals surface area contributed by atoms with Gasteiger partial charge in [0.2, 0.25) is 0 Å². The van der Waals surface area contributed by atoms with E-state index in [4.69, 9.17) is 5.73 Å². The van der Waals surface area contributed by atoms with Crippen LogP contribution in [0.5, 0.6) is 0 Å². The quantitative estimate of drug-likeness (QED) is 0.696. The molecule has 6 heteroatoms. The second-order valence-corrected chi connectivity index (χ2v) is 5.62. The number of carbonyl (C=O) groups is 2. The second kappa shape index (κ2) is 7.07. The molecule has 0 saturated heterocycles. The van der Waals surface area contributed by atoms with Crippen molar-refractivity contribution >= 4 is 40.2 Å². The van der Waals surface area contributed by atoms with Crippen LogP contribution in [0.3, 0.4) is 0 Å². The Morgan fingerprint density at radius 3 is 2.19 bits per heavy atom. The number of benzene rings is 2. The molecule has 0 radical (unpaired) electrons. The predicted octanol–water partition coefficient (Wildman–Crippen LogP) is 2.71. The van der Waals surface area contributed by atoms with E-state index >= 15 is 0 Å². The van der Waals surface area contributed by atoms with Crippen molar-refractivity contribution in [1.82, 2.24) is 5.32 Å². The summed E-state index contributed by atoms with van der Waals surface area (Å²) >= 11 is 2.19. The van der Waals surface area contributed by atoms with Gasteiger partial charge in [-0.15, -0.1) is 0 Å². The summed E-state index contributed by atoms with van der Waals surface area (Å²) in [6, 6.07) is 13.9. The molecule has 21 heavy (non-hydrogen) atoms. The van der Waals surface area contributed by atoms with E-state index in [0.29, 0.717) is 17.8 Å². The Balaban J connectivity index is 1.92. The highest BCUT2D eigenvalue weighted by Gasteiger charge is 2.05. The van der Waals surface area contributed by atoms with Gasteiger partial charge in [-0.05, 0) is 64.6 Å². The Morgan fingerprint density at radius 1 is 1.00 bits per heavy atom. The SMILES string of the molecule is NC(=O)Nc1ccc(CNC(=O)c2ccc(I)cc2)cc1. The molecular weight excluding hydrogens is 381 g/mol. The van der Waals surface area contributed by atoms with Crippen molar-refractivity contribution in [3.05, 3.63) is 63.2 Å². The lowest BCUT2D eigenvalue weighted by Gasteiger charge is -2.07. The summed E-state index contributed by atoms with van der Waals surface area (Å²) in [5.74, 6) is -0.120. The van der Waals surface area contributed by atoms with Crippen LogP contribution >= 0.6 is 22.6 Å². The Kier molecular flexibility index (Phi) is 5.15. The Bertz CT molecular complexity index is 639. The zero-order valence-corrected chi connectivity index (χ0v) is 13.3. The summed E-state index contributed by atoms with van der Waals surface area (Å²) in [7, 11) is 0. The summed E-state index contributed by atoms with van der Waals surface area (Å²) in [6.45, 7) is 0.418. The van der Waals surface area contributed by atoms with Gasteiger partial charge < -0.3 is 16.4 Å². The molecular formula is C15H14IN3O2. The monoisotopic (exact) mass is 395 g/mol. The van der Waals surface area contributed by atoms with E-state index in [0.717, 1.165) is 9.13 Å². The van der Waals surface area contributed by atoms with Crippen LogP contribution in [0.15, 0.2) is 48.5 Å². The van der Waals surface area contributed by atoms with Gasteiger partial charge in [-0.2, -0.15) is 0 Å². The van der Waals surface area contributed by atoms with Crippen LogP contribution in [0.1, 0.15) is 15.9 Å². The van der Waals surface area contributed by atoms with Crippen LogP contribution in [-0.4, -0.2) is 11.9 Å². The molecule has 5 nitrogen and oxygen atoms in total. The van der Waals surface area contributed by atoms with Gasteiger partial charge in [0.05, 0.1) is 0 Å². The number of primary amides is 1. The molecule has 0 spiro atoms. The first kappa shape index (κ1) is 15.3. The molecule has 0 bridgehead atoms. The minimum absolute atomic E-state index is 0.120. The van der Waals surface area contributed by atoms with Crippen molar-refractivity contribution in [3.63, 3.8) is 0 Å². The minimum atomic E-state index is -0.602. The summed E-state index contributed by atoms with van der Waals surface area (Å²) < 4.78 is 1.08. The fourth-order valence-electron chi connectivity index (χ4n) is 1.73. The van der Waals surface area contributed by atoms with E-state index in [2.05, 4.69) is 33.2 Å². The first-order chi connectivity index (χ1) is 10.0. The number of hydrogen-bond acceptors (Lipinski definition) is 2. The van der Waals surface area contributed by atoms with Crippen LogP contribution in [0.4, 0.5) is 10.5 Å². The molecule has 0 aliphatic rings. The van der Waals surface area contributed by atoms with Gasteiger partial charge in [0.1, 0.15) is 0 Å². The van der Waals surface area contributed by atoms with E-state index in [-0.39, 0.29) is 5.91 Å². The molecule has 4 N–H and O–H groups in total. The minimum Gasteiger partial charge on any atom is -0.351 e. The predicted molar refractivity (Wildman–Crippen MR) is 90.0 cm³/mol. The zero-order valence-electron chi connectivity index (χ0n) is 11.1. The first-order valence-corrected chi connectivity index (χ1v) is 7.31. The molecule has 0 fully saturated rings. The maximum Gasteiger partial charge on any atom is 0.316 e. The Morgan fingerprint density at radius 2 is 1.62 bits per heavy atom. The van der Waals surface area contributed by atoms with Crippen LogP contribution in [0.2, 0.25) is 0 Å². The third-order valence-electron chi connectivity index (χ3n) is 2.78. The number of nitrogens with two attached hydrogens (primary N) is 1. The van der Waals surface area contributed by atoms with Crippen LogP contribution in [0.25, 0.3) is 0 Å². The van der Waals surface area contributed by atoms with E-state index in [1.807, 2.05) is 24.3 Å². The fraction of sp³-hybridized carbons (Fsp3) is 0.0667. The standard InChI is InChI=1S/C15H14IN3O2/c16-12-5-3-11(4-6-12)14(20)18-9-10-1-7-13(8-2-10)19-15(17)21/h1-8H,9H2,(H,18,20)(H3,17,19,21). The second-order valence-electron chi connectivity index (χ2n) is 4.38. The molecule has 0 aliphatic carbocycles. The summed E-state index contributed by atoms with van der Waals surface area (Å²) in [5.41, 5.74) is 7.21. The van der Waals surface area contributed by atoms with Gasteiger partial charge in [-0.1, -0.05) is 12.1 Å². The maximum absolute atomic E-state index is 12.0. The smallest absolute Gasteiger partial charge is 0.316 e. The lowest BCUT2D eigenvalue weighted by molar-refractivity contribution is 0.0951. The molecule has 0 unspecified atom stereocenters. The number of hydrogen-bond donors (Lipinski definition) is 3. The van der Waals surface area contributed by atoms with Gasteiger partial charge in [0, 0.05) is 21.4 Å². The largest absolute Gasteiger partial charge is 0.351 e. The highest BCUT2D eigenvalue weighted by Crippen LogP contribution is 2.10. The van der Waals surface area contributed by atoms with Gasteiger partial charge >= 0.3 is 6.03 Å². The van der Waals surface area contributed by atoms with Gasteiger partial charge in [-0.25, -0.2) is 4.79 Å². The van der Waals surface area contributed by atoms with Crippen molar-refractivity contribution in [2.45, 2.75) is 6.54 Å². The number of nitrogens with one attached hydrogen (secondary N) is 2. The van der Waals surface area contributed by atoms with Gasteiger partial charge in [-0.3, -0.25) is 4.79 Å². The first-order valence-electron chi connectivity index (χ1n) is 6.24. The fourth-order valence-corrected chi connectivity index (χ4v) is 2.09. The van der Waals surface area contributed by atoms with Crippen molar-refractivity contribution < 1.29 is 9.59 Å². The Labute approximate surface area is 136 Å². The van der Waals surface area contributed by atoms with E-state index in [1.54, 1.807) is 24.3 Å². The van der Waals surface area contributed by atoms with Crippen molar-refractivity contribution in [2.24, 2.45) is 5.73 Å². The molecule has 0 saturated carbocycles. The molecule has 108 valence electrons. The third-order valence-corrected chi connectivity index (χ3v) is 3.50. The van der Waals surface area contributed by atoms with Gasteiger partial charge in [0.15, 0.2) is 0 Å². The third kappa shape index (κ3) is 4.75. The summed E-state index contributed by atoms with van der Waals surface area (Å²) in [6.07, 6.45) is 0. The molecule has 2 rings (SSSR count). The van der Waals surface area contributed by atoms with E-state index in [9.17, 15) is 9.59 Å². The lowest BCUT2D eigenvalue weighted by Crippen LogP contribution is -2.22. The topological polar surface area (TPSA) is 84.2 Å². The molecule has 2 aromatic carbocycles.